The molecular formula is C16H34N2O2. The standard InChI is InChI=1S/C16H34N2O2/c1-3-10-18(11-14-20-13-7-12-19-2)16(15-17)8-5-4-6-9-16/h3-15,17H2,1-2H3. The molecule has 0 aromatic carbocycles. The summed E-state index contributed by atoms with van der Waals surface area (Å²) in [5.41, 5.74) is 6.38. The van der Waals surface area contributed by atoms with Crippen LogP contribution in [0.4, 0.5) is 0 Å². The number of ether oxygens (including phenoxy) is 2. The van der Waals surface area contributed by atoms with Crippen molar-refractivity contribution in [2.24, 2.45) is 5.73 Å². The lowest BCUT2D eigenvalue weighted by atomic mass is 9.80. The SMILES string of the molecule is CCCN(CCOCCCOC)C1(CN)CCCCC1. The van der Waals surface area contributed by atoms with Gasteiger partial charge >= 0.3 is 0 Å². The van der Waals surface area contributed by atoms with Crippen LogP contribution in [-0.2, 0) is 9.47 Å². The number of rotatable bonds is 11. The monoisotopic (exact) mass is 286 g/mol. The Morgan fingerprint density at radius 3 is 2.40 bits per heavy atom. The molecule has 0 spiro atoms. The Balaban J connectivity index is 2.37. The van der Waals surface area contributed by atoms with Crippen molar-refractivity contribution in [2.45, 2.75) is 57.4 Å². The highest BCUT2D eigenvalue weighted by Gasteiger charge is 2.35. The van der Waals surface area contributed by atoms with Crippen molar-refractivity contribution in [2.75, 3.05) is 46.6 Å². The molecule has 4 heteroatoms. The van der Waals surface area contributed by atoms with E-state index in [-0.39, 0.29) is 5.54 Å². The molecular weight excluding hydrogens is 252 g/mol. The second kappa shape index (κ2) is 10.6. The molecule has 0 unspecified atom stereocenters. The van der Waals surface area contributed by atoms with Gasteiger partial charge in [0.15, 0.2) is 0 Å². The average Bonchev–Trinajstić information content (AvgIpc) is 2.50. The van der Waals surface area contributed by atoms with Gasteiger partial charge in [0.25, 0.3) is 0 Å². The van der Waals surface area contributed by atoms with E-state index in [2.05, 4.69) is 11.8 Å². The molecule has 0 bridgehead atoms. The number of nitrogens with zero attached hydrogens (tertiary/aromatic N) is 1. The summed E-state index contributed by atoms with van der Waals surface area (Å²) >= 11 is 0. The summed E-state index contributed by atoms with van der Waals surface area (Å²) < 4.78 is 10.8. The van der Waals surface area contributed by atoms with E-state index in [1.165, 1.54) is 38.5 Å². The predicted molar refractivity (Wildman–Crippen MR) is 84.0 cm³/mol. The first kappa shape index (κ1) is 17.9. The molecule has 4 nitrogen and oxygen atoms in total. The van der Waals surface area contributed by atoms with Crippen LogP contribution in [0.15, 0.2) is 0 Å². The normalized spacial score (nSPS) is 18.6. The zero-order valence-electron chi connectivity index (χ0n) is 13.5. The second-order valence-corrected chi connectivity index (χ2v) is 5.93. The van der Waals surface area contributed by atoms with E-state index in [1.54, 1.807) is 7.11 Å². The quantitative estimate of drug-likeness (QED) is 0.593. The minimum Gasteiger partial charge on any atom is -0.385 e. The summed E-state index contributed by atoms with van der Waals surface area (Å²) in [7, 11) is 1.73. The van der Waals surface area contributed by atoms with Gasteiger partial charge in [-0.15, -0.1) is 0 Å². The van der Waals surface area contributed by atoms with Gasteiger partial charge in [0.2, 0.25) is 0 Å². The third-order valence-corrected chi connectivity index (χ3v) is 4.47. The lowest BCUT2D eigenvalue weighted by Crippen LogP contribution is -2.56. The van der Waals surface area contributed by atoms with Gasteiger partial charge in [-0.3, -0.25) is 4.90 Å². The highest BCUT2D eigenvalue weighted by Crippen LogP contribution is 2.32. The zero-order valence-corrected chi connectivity index (χ0v) is 13.5. The van der Waals surface area contributed by atoms with Crippen molar-refractivity contribution in [1.82, 2.24) is 4.90 Å². The Kier molecular flexibility index (Phi) is 9.44. The van der Waals surface area contributed by atoms with E-state index in [0.29, 0.717) is 0 Å². The van der Waals surface area contributed by atoms with Crippen molar-refractivity contribution in [3.8, 4) is 0 Å². The maximum absolute atomic E-state index is 6.14. The molecule has 0 aromatic rings. The third-order valence-electron chi connectivity index (χ3n) is 4.47. The summed E-state index contributed by atoms with van der Waals surface area (Å²) in [4.78, 5) is 2.60. The highest BCUT2D eigenvalue weighted by atomic mass is 16.5. The topological polar surface area (TPSA) is 47.7 Å². The van der Waals surface area contributed by atoms with Gasteiger partial charge in [0, 0.05) is 39.0 Å². The van der Waals surface area contributed by atoms with Crippen molar-refractivity contribution in [3.05, 3.63) is 0 Å². The van der Waals surface area contributed by atoms with Crippen LogP contribution < -0.4 is 5.73 Å². The molecule has 1 saturated carbocycles. The van der Waals surface area contributed by atoms with Crippen LogP contribution >= 0.6 is 0 Å². The summed E-state index contributed by atoms with van der Waals surface area (Å²) in [6.45, 7) is 7.58. The molecule has 0 aromatic heterocycles. The Morgan fingerprint density at radius 1 is 1.05 bits per heavy atom. The molecule has 2 N–H and O–H groups in total. The number of hydrogen-bond donors (Lipinski definition) is 1. The number of nitrogens with two attached hydrogens (primary N) is 1. The summed E-state index contributed by atoms with van der Waals surface area (Å²) in [5.74, 6) is 0. The van der Waals surface area contributed by atoms with E-state index >= 15 is 0 Å². The highest BCUT2D eigenvalue weighted by molar-refractivity contribution is 4.94. The number of hydrogen-bond acceptors (Lipinski definition) is 4. The second-order valence-electron chi connectivity index (χ2n) is 5.93. The van der Waals surface area contributed by atoms with Crippen LogP contribution in [-0.4, -0.2) is 57.0 Å². The van der Waals surface area contributed by atoms with E-state index in [1.807, 2.05) is 0 Å². The van der Waals surface area contributed by atoms with Crippen molar-refractivity contribution >= 4 is 0 Å². The van der Waals surface area contributed by atoms with Gasteiger partial charge in [-0.25, -0.2) is 0 Å². The maximum atomic E-state index is 6.14. The minimum atomic E-state index is 0.240. The van der Waals surface area contributed by atoms with Crippen LogP contribution in [0.2, 0.25) is 0 Å². The van der Waals surface area contributed by atoms with E-state index in [9.17, 15) is 0 Å². The van der Waals surface area contributed by atoms with Gasteiger partial charge in [0.05, 0.1) is 6.61 Å². The first-order valence-corrected chi connectivity index (χ1v) is 8.31. The van der Waals surface area contributed by atoms with Crippen LogP contribution in [0.3, 0.4) is 0 Å². The molecule has 0 radical (unpaired) electrons. The first-order valence-electron chi connectivity index (χ1n) is 8.31. The van der Waals surface area contributed by atoms with E-state index in [4.69, 9.17) is 15.2 Å². The molecule has 1 aliphatic rings. The molecule has 1 aliphatic carbocycles. The minimum absolute atomic E-state index is 0.240. The van der Waals surface area contributed by atoms with Gasteiger partial charge in [-0.2, -0.15) is 0 Å². The molecule has 120 valence electrons. The summed E-state index contributed by atoms with van der Waals surface area (Å²) in [6, 6.07) is 0. The lowest BCUT2D eigenvalue weighted by molar-refractivity contribution is 0.0198. The average molecular weight is 286 g/mol. The molecule has 0 heterocycles. The van der Waals surface area contributed by atoms with Crippen molar-refractivity contribution < 1.29 is 9.47 Å². The van der Waals surface area contributed by atoms with Crippen LogP contribution in [0.25, 0.3) is 0 Å². The molecule has 1 fully saturated rings. The molecule has 1 rings (SSSR count). The van der Waals surface area contributed by atoms with E-state index in [0.717, 1.165) is 45.9 Å². The predicted octanol–water partition coefficient (Wildman–Crippen LogP) is 2.41. The fraction of sp³-hybridized carbons (Fsp3) is 1.00. The maximum Gasteiger partial charge on any atom is 0.0593 e. The Hall–Kier alpha value is -0.160. The van der Waals surface area contributed by atoms with Crippen LogP contribution in [0, 0.1) is 0 Å². The fourth-order valence-electron chi connectivity index (χ4n) is 3.30. The van der Waals surface area contributed by atoms with E-state index < -0.39 is 0 Å². The Morgan fingerprint density at radius 2 is 1.80 bits per heavy atom. The third kappa shape index (κ3) is 5.68. The summed E-state index contributed by atoms with van der Waals surface area (Å²) in [6.07, 6.45) is 8.70. The van der Waals surface area contributed by atoms with Gasteiger partial charge < -0.3 is 15.2 Å². The van der Waals surface area contributed by atoms with Gasteiger partial charge in [-0.05, 0) is 32.2 Å². The Bertz CT molecular complexity index is 231. The van der Waals surface area contributed by atoms with Crippen LogP contribution in [0.1, 0.15) is 51.9 Å². The van der Waals surface area contributed by atoms with Crippen LogP contribution in [0.5, 0.6) is 0 Å². The Labute approximate surface area is 125 Å². The van der Waals surface area contributed by atoms with Crippen molar-refractivity contribution in [1.29, 1.82) is 0 Å². The molecule has 0 amide bonds. The van der Waals surface area contributed by atoms with Gasteiger partial charge in [-0.1, -0.05) is 26.2 Å². The lowest BCUT2D eigenvalue weighted by Gasteiger charge is -2.46. The molecule has 0 saturated heterocycles. The fourth-order valence-corrected chi connectivity index (χ4v) is 3.30. The molecule has 0 atom stereocenters. The van der Waals surface area contributed by atoms with Gasteiger partial charge in [0.1, 0.15) is 0 Å². The largest absolute Gasteiger partial charge is 0.385 e. The zero-order chi connectivity index (χ0) is 14.7. The smallest absolute Gasteiger partial charge is 0.0593 e. The molecule has 20 heavy (non-hydrogen) atoms. The van der Waals surface area contributed by atoms with Crippen molar-refractivity contribution in [3.63, 3.8) is 0 Å². The summed E-state index contributed by atoms with van der Waals surface area (Å²) in [5, 5.41) is 0. The molecule has 0 aliphatic heterocycles. The first-order chi connectivity index (χ1) is 9.79. The number of methoxy groups -OCH3 is 1.